The molecule has 0 spiro atoms. The number of esters is 1. The van der Waals surface area contributed by atoms with Crippen LogP contribution in [0.15, 0.2) is 23.8 Å². The highest BCUT2D eigenvalue weighted by molar-refractivity contribution is 5.90. The molecule has 5 nitrogen and oxygen atoms in total. The number of aliphatic carboxylic acids is 1. The van der Waals surface area contributed by atoms with E-state index >= 15 is 0 Å². The molecule has 0 radical (unpaired) electrons. The lowest BCUT2D eigenvalue weighted by Crippen LogP contribution is -2.53. The Balaban J connectivity index is 1.83. The van der Waals surface area contributed by atoms with Crippen LogP contribution in [0.2, 0.25) is 0 Å². The van der Waals surface area contributed by atoms with Crippen molar-refractivity contribution in [1.82, 2.24) is 0 Å². The number of ether oxygens (including phenoxy) is 1. The van der Waals surface area contributed by atoms with Crippen LogP contribution in [0.25, 0.3) is 0 Å². The lowest BCUT2D eigenvalue weighted by molar-refractivity contribution is -0.164. The van der Waals surface area contributed by atoms with E-state index in [0.29, 0.717) is 12.0 Å². The van der Waals surface area contributed by atoms with Gasteiger partial charge >= 0.3 is 11.9 Å². The van der Waals surface area contributed by atoms with Crippen LogP contribution in [0.3, 0.4) is 0 Å². The minimum Gasteiger partial charge on any atom is -0.481 e. The van der Waals surface area contributed by atoms with Gasteiger partial charge in [0, 0.05) is 5.57 Å². The smallest absolute Gasteiger partial charge is 0.336 e. The Morgan fingerprint density at radius 2 is 2.12 bits per heavy atom. The summed E-state index contributed by atoms with van der Waals surface area (Å²) in [5.41, 5.74) is 0.888. The van der Waals surface area contributed by atoms with Crippen molar-refractivity contribution < 1.29 is 24.5 Å². The van der Waals surface area contributed by atoms with Crippen LogP contribution >= 0.6 is 0 Å². The second-order valence-electron chi connectivity index (χ2n) is 8.41. The zero-order valence-corrected chi connectivity index (χ0v) is 15.1. The zero-order valence-electron chi connectivity index (χ0n) is 15.1. The van der Waals surface area contributed by atoms with E-state index in [9.17, 15) is 19.8 Å². The van der Waals surface area contributed by atoms with Gasteiger partial charge in [-0.3, -0.25) is 4.79 Å². The van der Waals surface area contributed by atoms with Gasteiger partial charge in [0.25, 0.3) is 0 Å². The van der Waals surface area contributed by atoms with Crippen LogP contribution in [0.1, 0.15) is 58.8 Å². The number of aliphatic hydroxyl groups is 1. The maximum Gasteiger partial charge on any atom is 0.336 e. The van der Waals surface area contributed by atoms with Crippen molar-refractivity contribution in [3.8, 4) is 0 Å². The summed E-state index contributed by atoms with van der Waals surface area (Å²) in [5, 5.41) is 19.3. The van der Waals surface area contributed by atoms with Crippen LogP contribution < -0.4 is 0 Å². The second kappa shape index (κ2) is 6.27. The summed E-state index contributed by atoms with van der Waals surface area (Å²) in [6.07, 6.45) is 5.96. The van der Waals surface area contributed by atoms with Crippen molar-refractivity contribution in [3.63, 3.8) is 0 Å². The summed E-state index contributed by atoms with van der Waals surface area (Å²) in [6.45, 7) is 8.38. The lowest BCUT2D eigenvalue weighted by atomic mass is 9.46. The standard InChI is InChI=1S/C20H28O5/c1-12-5-8-15-19(2,9-4-10-20(15,3)18(23)24)14(12)7-6-13-11-16(21)25-17(13)22/h11,14-16,21H,1,4-10H2,2-3H3,(H,23,24)/t14-,15+,16-,19+,20-/m0/s1. The van der Waals surface area contributed by atoms with Crippen molar-refractivity contribution in [2.75, 3.05) is 0 Å². The van der Waals surface area contributed by atoms with Gasteiger partial charge in [0.2, 0.25) is 6.29 Å². The largest absolute Gasteiger partial charge is 0.481 e. The molecule has 0 aromatic rings. The Morgan fingerprint density at radius 3 is 2.72 bits per heavy atom. The number of fused-ring (bicyclic) bond motifs is 1. The molecule has 25 heavy (non-hydrogen) atoms. The van der Waals surface area contributed by atoms with Crippen molar-refractivity contribution in [2.24, 2.45) is 22.7 Å². The predicted octanol–water partition coefficient (Wildman–Crippen LogP) is 3.43. The van der Waals surface area contributed by atoms with Gasteiger partial charge in [-0.1, -0.05) is 25.5 Å². The highest BCUT2D eigenvalue weighted by atomic mass is 16.6. The second-order valence-corrected chi connectivity index (χ2v) is 8.41. The van der Waals surface area contributed by atoms with E-state index in [2.05, 4.69) is 13.5 Å². The molecule has 0 bridgehead atoms. The first-order chi connectivity index (χ1) is 11.7. The number of cyclic esters (lactones) is 1. The van der Waals surface area contributed by atoms with Gasteiger partial charge in [0.15, 0.2) is 0 Å². The van der Waals surface area contributed by atoms with E-state index in [0.717, 1.165) is 38.5 Å². The number of carbonyl (C=O) groups is 2. The minimum absolute atomic E-state index is 0.109. The molecule has 1 heterocycles. The summed E-state index contributed by atoms with van der Waals surface area (Å²) in [6, 6.07) is 0. The SMILES string of the molecule is C=C1CC[C@@H]2[C@](C)(CCC[C@]2(C)C(=O)O)[C@H]1CCC1=C[C@@H](O)OC1=O. The third kappa shape index (κ3) is 2.92. The first-order valence-corrected chi connectivity index (χ1v) is 9.19. The summed E-state index contributed by atoms with van der Waals surface area (Å²) >= 11 is 0. The number of hydrogen-bond donors (Lipinski definition) is 2. The molecule has 0 unspecified atom stereocenters. The monoisotopic (exact) mass is 348 g/mol. The Bertz CT molecular complexity index is 636. The molecule has 1 aliphatic heterocycles. The highest BCUT2D eigenvalue weighted by Crippen LogP contribution is 2.62. The Labute approximate surface area is 148 Å². The zero-order chi connectivity index (χ0) is 18.4. The van der Waals surface area contributed by atoms with Gasteiger partial charge in [-0.2, -0.15) is 0 Å². The van der Waals surface area contributed by atoms with Gasteiger partial charge in [0.05, 0.1) is 5.41 Å². The molecule has 0 aromatic carbocycles. The summed E-state index contributed by atoms with van der Waals surface area (Å²) in [5.74, 6) is -0.831. The molecular formula is C20H28O5. The quantitative estimate of drug-likeness (QED) is 0.601. The van der Waals surface area contributed by atoms with E-state index in [1.54, 1.807) is 0 Å². The first-order valence-electron chi connectivity index (χ1n) is 9.19. The molecule has 2 saturated carbocycles. The van der Waals surface area contributed by atoms with Crippen molar-refractivity contribution >= 4 is 11.9 Å². The van der Waals surface area contributed by atoms with Crippen LogP contribution in [0.4, 0.5) is 0 Å². The Morgan fingerprint density at radius 1 is 1.40 bits per heavy atom. The van der Waals surface area contributed by atoms with Gasteiger partial charge in [-0.15, -0.1) is 0 Å². The maximum atomic E-state index is 12.0. The van der Waals surface area contributed by atoms with Gasteiger partial charge in [0.1, 0.15) is 0 Å². The molecule has 2 N–H and O–H groups in total. The van der Waals surface area contributed by atoms with E-state index in [1.807, 2.05) is 6.92 Å². The maximum absolute atomic E-state index is 12.0. The molecule has 0 aromatic heterocycles. The summed E-state index contributed by atoms with van der Waals surface area (Å²) < 4.78 is 4.76. The molecule has 0 saturated heterocycles. The topological polar surface area (TPSA) is 83.8 Å². The van der Waals surface area contributed by atoms with E-state index in [1.165, 1.54) is 11.6 Å². The van der Waals surface area contributed by atoms with Crippen LogP contribution in [0, 0.1) is 22.7 Å². The number of carboxylic acid groups (broad SMARTS) is 1. The molecule has 5 heteroatoms. The average molecular weight is 348 g/mol. The number of hydrogen-bond acceptors (Lipinski definition) is 4. The van der Waals surface area contributed by atoms with Crippen molar-refractivity contribution in [1.29, 1.82) is 0 Å². The van der Waals surface area contributed by atoms with Crippen LogP contribution in [0.5, 0.6) is 0 Å². The molecule has 138 valence electrons. The fraction of sp³-hybridized carbons (Fsp3) is 0.700. The fourth-order valence-corrected chi connectivity index (χ4v) is 5.68. The minimum atomic E-state index is -1.13. The van der Waals surface area contributed by atoms with E-state index in [-0.39, 0.29) is 17.3 Å². The number of carboxylic acids is 1. The van der Waals surface area contributed by atoms with Crippen LogP contribution in [-0.4, -0.2) is 28.4 Å². The average Bonchev–Trinajstić information content (AvgIpc) is 2.84. The fourth-order valence-electron chi connectivity index (χ4n) is 5.68. The molecule has 2 fully saturated rings. The molecule has 2 aliphatic carbocycles. The number of aliphatic hydroxyl groups excluding tert-OH is 1. The van der Waals surface area contributed by atoms with Crippen molar-refractivity contribution in [2.45, 2.75) is 65.1 Å². The van der Waals surface area contributed by atoms with E-state index in [4.69, 9.17) is 4.74 Å². The predicted molar refractivity (Wildman–Crippen MR) is 92.5 cm³/mol. The Kier molecular flexibility index (Phi) is 4.56. The molecular weight excluding hydrogens is 320 g/mol. The summed E-state index contributed by atoms with van der Waals surface area (Å²) in [4.78, 5) is 23.7. The molecule has 3 aliphatic rings. The Hall–Kier alpha value is -1.62. The number of rotatable bonds is 4. The highest BCUT2D eigenvalue weighted by Gasteiger charge is 2.57. The third-order valence-electron chi connectivity index (χ3n) is 7.04. The molecule has 3 rings (SSSR count). The summed E-state index contributed by atoms with van der Waals surface area (Å²) in [7, 11) is 0. The van der Waals surface area contributed by atoms with Gasteiger partial charge < -0.3 is 14.9 Å². The first kappa shape index (κ1) is 18.2. The van der Waals surface area contributed by atoms with Gasteiger partial charge in [-0.25, -0.2) is 4.79 Å². The van der Waals surface area contributed by atoms with Gasteiger partial charge in [-0.05, 0) is 68.8 Å². The van der Waals surface area contributed by atoms with Crippen molar-refractivity contribution in [3.05, 3.63) is 23.8 Å². The van der Waals surface area contributed by atoms with Crippen LogP contribution in [-0.2, 0) is 14.3 Å². The number of carbonyl (C=O) groups excluding carboxylic acids is 1. The molecule has 5 atom stereocenters. The normalized spacial score (nSPS) is 41.1. The van der Waals surface area contributed by atoms with E-state index < -0.39 is 23.6 Å². The number of allylic oxidation sites excluding steroid dienone is 1. The lowest BCUT2D eigenvalue weighted by Gasteiger charge is -2.57. The third-order valence-corrected chi connectivity index (χ3v) is 7.04. The molecule has 0 amide bonds.